The van der Waals surface area contributed by atoms with Crippen molar-refractivity contribution in [3.8, 4) is 5.88 Å². The van der Waals surface area contributed by atoms with E-state index in [9.17, 15) is 4.79 Å². The molecule has 0 saturated heterocycles. The van der Waals surface area contributed by atoms with Crippen LogP contribution in [0.25, 0.3) is 5.57 Å². The molecule has 1 aliphatic rings. The first-order valence-electron chi connectivity index (χ1n) is 16.3. The van der Waals surface area contributed by atoms with Crippen LogP contribution in [0.1, 0.15) is 142 Å². The molecule has 8 heteroatoms. The predicted molar refractivity (Wildman–Crippen MR) is 166 cm³/mol. The van der Waals surface area contributed by atoms with Crippen molar-refractivity contribution in [1.82, 2.24) is 8.75 Å². The zero-order chi connectivity index (χ0) is 28.9. The fraction of sp³-hybridized carbons (Fsp3) is 0.844. The van der Waals surface area contributed by atoms with Gasteiger partial charge in [-0.25, -0.2) is 4.79 Å². The van der Waals surface area contributed by atoms with Crippen LogP contribution >= 0.6 is 11.7 Å². The maximum atomic E-state index is 12.4. The maximum Gasteiger partial charge on any atom is 0.512 e. The third-order valence-electron chi connectivity index (χ3n) is 8.17. The lowest BCUT2D eigenvalue weighted by molar-refractivity contribution is -0.944. The van der Waals surface area contributed by atoms with E-state index >= 15 is 0 Å². The van der Waals surface area contributed by atoms with Crippen molar-refractivity contribution in [3.05, 3.63) is 11.8 Å². The van der Waals surface area contributed by atoms with E-state index < -0.39 is 6.16 Å². The quantitative estimate of drug-likeness (QED) is 0.0729. The molecule has 40 heavy (non-hydrogen) atoms. The van der Waals surface area contributed by atoms with Crippen molar-refractivity contribution in [3.63, 3.8) is 0 Å². The van der Waals surface area contributed by atoms with Crippen molar-refractivity contribution in [2.24, 2.45) is 0 Å². The highest BCUT2D eigenvalue weighted by Gasteiger charge is 2.37. The van der Waals surface area contributed by atoms with Crippen LogP contribution in [0.3, 0.4) is 0 Å². The molecule has 1 aromatic heterocycles. The lowest BCUT2D eigenvalue weighted by Crippen LogP contribution is -2.55. The Morgan fingerprint density at radius 3 is 2.02 bits per heavy atom. The Hall–Kier alpha value is -1.67. The Labute approximate surface area is 249 Å². The highest BCUT2D eigenvalue weighted by molar-refractivity contribution is 6.99. The lowest BCUT2D eigenvalue weighted by atomic mass is 10.0. The van der Waals surface area contributed by atoms with Gasteiger partial charge >= 0.3 is 6.16 Å². The van der Waals surface area contributed by atoms with Crippen molar-refractivity contribution >= 4 is 23.5 Å². The molecule has 0 fully saturated rings. The minimum absolute atomic E-state index is 0.312. The van der Waals surface area contributed by atoms with Gasteiger partial charge in [-0.1, -0.05) is 116 Å². The molecule has 0 spiro atoms. The Morgan fingerprint density at radius 2 is 1.40 bits per heavy atom. The van der Waals surface area contributed by atoms with E-state index in [1.165, 1.54) is 102 Å². The first-order valence-corrected chi connectivity index (χ1v) is 17.1. The second-order valence-electron chi connectivity index (χ2n) is 11.8. The molecule has 2 rings (SSSR count). The van der Waals surface area contributed by atoms with Crippen LogP contribution in [-0.4, -0.2) is 59.0 Å². The molecule has 7 nitrogen and oxygen atoms in total. The van der Waals surface area contributed by atoms with Crippen LogP contribution in [0, 0.1) is 0 Å². The Balaban J connectivity index is 1.59. The highest BCUT2D eigenvalue weighted by Crippen LogP contribution is 2.31. The first kappa shape index (κ1) is 34.5. The van der Waals surface area contributed by atoms with Gasteiger partial charge in [0.1, 0.15) is 12.2 Å². The number of ether oxygens (including phenoxy) is 3. The standard InChI is InChI=1S/C32H58N3O4S/c1-5-7-9-11-12-13-14-15-16-17-18-19-21-26-38-32(36)39-28(3)35(4)24-22-23-29(27-35)30-31(34-40-33-30)37-25-20-10-8-6-2/h23,28H,5-22,24-27H2,1-4H3/q+1/t28-,35?/m0/s1. The predicted octanol–water partition coefficient (Wildman–Crippen LogP) is 9.32. The number of hydrogen-bond donors (Lipinski definition) is 0. The fourth-order valence-electron chi connectivity index (χ4n) is 5.29. The van der Waals surface area contributed by atoms with Crippen molar-refractivity contribution in [2.75, 3.05) is 33.4 Å². The van der Waals surface area contributed by atoms with Crippen LogP contribution < -0.4 is 4.74 Å². The van der Waals surface area contributed by atoms with Crippen LogP contribution in [0.2, 0.25) is 0 Å². The highest BCUT2D eigenvalue weighted by atomic mass is 32.1. The van der Waals surface area contributed by atoms with Gasteiger partial charge in [-0.3, -0.25) is 4.48 Å². The second-order valence-corrected chi connectivity index (χ2v) is 12.3. The number of hydrogen-bond acceptors (Lipinski definition) is 7. The van der Waals surface area contributed by atoms with Crippen molar-refractivity contribution < 1.29 is 23.5 Å². The molecule has 0 bridgehead atoms. The molecule has 1 aromatic rings. The second kappa shape index (κ2) is 21.1. The van der Waals surface area contributed by atoms with Crippen molar-refractivity contribution in [1.29, 1.82) is 0 Å². The van der Waals surface area contributed by atoms with E-state index in [1.54, 1.807) is 0 Å². The number of nitrogens with zero attached hydrogens (tertiary/aromatic N) is 3. The topological polar surface area (TPSA) is 70.5 Å². The molecular formula is C32H58N3O4S+. The van der Waals surface area contributed by atoms with E-state index in [1.807, 2.05) is 6.92 Å². The molecule has 0 aromatic carbocycles. The SMILES string of the molecule is CCCCCCCCCCCCCCCOC(=O)O[C@@H](C)[N+]1(C)CCC=C(c2nsnc2OCCCCCC)C1. The smallest absolute Gasteiger partial charge is 0.475 e. The molecule has 0 saturated carbocycles. The minimum Gasteiger partial charge on any atom is -0.475 e. The number of carbonyl (C=O) groups is 1. The van der Waals surface area contributed by atoms with Gasteiger partial charge in [0.15, 0.2) is 0 Å². The number of rotatable bonds is 23. The molecule has 0 radical (unpaired) electrons. The third-order valence-corrected chi connectivity index (χ3v) is 8.69. The van der Waals surface area contributed by atoms with Gasteiger partial charge in [-0.05, 0) is 12.8 Å². The zero-order valence-electron chi connectivity index (χ0n) is 26.1. The molecule has 230 valence electrons. The lowest BCUT2D eigenvalue weighted by Gasteiger charge is -2.41. The first-order chi connectivity index (χ1) is 19.5. The van der Waals surface area contributed by atoms with E-state index in [4.69, 9.17) is 14.2 Å². The molecule has 1 unspecified atom stereocenters. The molecule has 1 aliphatic heterocycles. The Bertz CT molecular complexity index is 831. The molecule has 0 N–H and O–H groups in total. The number of likely N-dealkylation sites (N-methyl/N-ethyl adjacent to an activating group) is 1. The van der Waals surface area contributed by atoms with Gasteiger partial charge in [0, 0.05) is 18.9 Å². The summed E-state index contributed by atoms with van der Waals surface area (Å²) in [7, 11) is 2.13. The number of quaternary nitrogens is 1. The summed E-state index contributed by atoms with van der Waals surface area (Å²) in [6, 6.07) is 0. The summed E-state index contributed by atoms with van der Waals surface area (Å²) in [6.45, 7) is 9.14. The van der Waals surface area contributed by atoms with Gasteiger partial charge in [0.05, 0.1) is 38.5 Å². The average Bonchev–Trinajstić information content (AvgIpc) is 3.42. The number of carbonyl (C=O) groups excluding carboxylic acids is 1. The van der Waals surface area contributed by atoms with Crippen LogP contribution in [-0.2, 0) is 9.47 Å². The van der Waals surface area contributed by atoms with Gasteiger partial charge < -0.3 is 14.2 Å². The summed E-state index contributed by atoms with van der Waals surface area (Å²) in [4.78, 5) is 12.4. The summed E-state index contributed by atoms with van der Waals surface area (Å²) in [5, 5.41) is 0. The maximum absolute atomic E-state index is 12.4. The van der Waals surface area contributed by atoms with Gasteiger partial charge in [0.25, 0.3) is 5.88 Å². The molecule has 0 amide bonds. The molecule has 0 aliphatic carbocycles. The molecular weight excluding hydrogens is 522 g/mol. The summed E-state index contributed by atoms with van der Waals surface area (Å²) in [5.74, 6) is 0.631. The minimum atomic E-state index is -0.562. The van der Waals surface area contributed by atoms with Gasteiger partial charge in [-0.15, -0.1) is 4.37 Å². The van der Waals surface area contributed by atoms with E-state index in [0.29, 0.717) is 30.1 Å². The average molecular weight is 581 g/mol. The molecule has 2 heterocycles. The monoisotopic (exact) mass is 580 g/mol. The molecule has 2 atom stereocenters. The van der Waals surface area contributed by atoms with E-state index in [-0.39, 0.29) is 6.23 Å². The Kier molecular flexibility index (Phi) is 18.2. The van der Waals surface area contributed by atoms with Gasteiger partial charge in [-0.2, -0.15) is 4.37 Å². The van der Waals surface area contributed by atoms with Crippen molar-refractivity contribution in [2.45, 2.75) is 143 Å². The summed E-state index contributed by atoms with van der Waals surface area (Å²) in [5.41, 5.74) is 1.95. The third kappa shape index (κ3) is 13.8. The Morgan fingerprint density at radius 1 is 0.850 bits per heavy atom. The summed E-state index contributed by atoms with van der Waals surface area (Å²) < 4.78 is 26.6. The van der Waals surface area contributed by atoms with Crippen LogP contribution in [0.4, 0.5) is 4.79 Å². The van der Waals surface area contributed by atoms with E-state index in [0.717, 1.165) is 43.5 Å². The zero-order valence-corrected chi connectivity index (χ0v) is 26.9. The van der Waals surface area contributed by atoms with Crippen LogP contribution in [0.5, 0.6) is 5.88 Å². The summed E-state index contributed by atoms with van der Waals surface area (Å²) >= 11 is 1.19. The van der Waals surface area contributed by atoms with Crippen LogP contribution in [0.15, 0.2) is 6.08 Å². The van der Waals surface area contributed by atoms with Gasteiger partial charge in [0.2, 0.25) is 6.23 Å². The fourth-order valence-corrected chi connectivity index (χ4v) is 5.82. The normalized spacial score (nSPS) is 17.9. The number of unbranched alkanes of at least 4 members (excludes halogenated alkanes) is 15. The number of aromatic nitrogens is 2. The summed E-state index contributed by atoms with van der Waals surface area (Å²) in [6.07, 6.45) is 23.8. The van der Waals surface area contributed by atoms with E-state index in [2.05, 4.69) is 35.7 Å². The largest absolute Gasteiger partial charge is 0.512 e.